The molecular formula is C20H25NO5. The first-order chi connectivity index (χ1) is 12.4. The van der Waals surface area contributed by atoms with Crippen LogP contribution in [0.1, 0.15) is 29.5 Å². The number of aryl methyl sites for hydroxylation is 2. The highest BCUT2D eigenvalue weighted by Gasteiger charge is 2.24. The SMILES string of the molecule is Cc1cc(OCC(=O)N2CCCC(CO)C2)c2c(C)c(C)c(=O)oc2c1. The van der Waals surface area contributed by atoms with Gasteiger partial charge in [-0.15, -0.1) is 0 Å². The number of piperidine rings is 1. The molecule has 1 aliphatic rings. The second kappa shape index (κ2) is 7.50. The highest BCUT2D eigenvalue weighted by Crippen LogP contribution is 2.31. The van der Waals surface area contributed by atoms with Gasteiger partial charge in [-0.05, 0) is 62.8 Å². The fourth-order valence-electron chi connectivity index (χ4n) is 3.47. The number of amides is 1. The predicted molar refractivity (Wildman–Crippen MR) is 98.6 cm³/mol. The van der Waals surface area contributed by atoms with Crippen molar-refractivity contribution in [1.29, 1.82) is 0 Å². The number of hydrogen-bond acceptors (Lipinski definition) is 5. The summed E-state index contributed by atoms with van der Waals surface area (Å²) in [6, 6.07) is 3.66. The average Bonchev–Trinajstić information content (AvgIpc) is 2.63. The molecule has 1 saturated heterocycles. The van der Waals surface area contributed by atoms with Crippen molar-refractivity contribution in [2.24, 2.45) is 5.92 Å². The Hall–Kier alpha value is -2.34. The van der Waals surface area contributed by atoms with Gasteiger partial charge in [0, 0.05) is 25.3 Å². The molecule has 26 heavy (non-hydrogen) atoms. The third-order valence-electron chi connectivity index (χ3n) is 5.14. The van der Waals surface area contributed by atoms with Crippen molar-refractivity contribution in [3.63, 3.8) is 0 Å². The van der Waals surface area contributed by atoms with Crippen LogP contribution in [0, 0.1) is 26.7 Å². The molecular weight excluding hydrogens is 334 g/mol. The lowest BCUT2D eigenvalue weighted by atomic mass is 9.99. The molecule has 0 radical (unpaired) electrons. The van der Waals surface area contributed by atoms with Crippen LogP contribution in [0.25, 0.3) is 11.0 Å². The number of carbonyl (C=O) groups excluding carboxylic acids is 1. The zero-order chi connectivity index (χ0) is 18.8. The molecule has 2 heterocycles. The molecule has 1 aliphatic heterocycles. The van der Waals surface area contributed by atoms with Crippen molar-refractivity contribution >= 4 is 16.9 Å². The van der Waals surface area contributed by atoms with Gasteiger partial charge in [0.15, 0.2) is 6.61 Å². The molecule has 1 aromatic carbocycles. The van der Waals surface area contributed by atoms with Gasteiger partial charge in [-0.25, -0.2) is 4.79 Å². The van der Waals surface area contributed by atoms with E-state index in [9.17, 15) is 14.7 Å². The molecule has 1 unspecified atom stereocenters. The van der Waals surface area contributed by atoms with E-state index in [0.717, 1.165) is 29.4 Å². The minimum absolute atomic E-state index is 0.0751. The minimum atomic E-state index is -0.356. The number of fused-ring (bicyclic) bond motifs is 1. The number of aliphatic hydroxyl groups is 1. The van der Waals surface area contributed by atoms with E-state index in [0.29, 0.717) is 30.0 Å². The third kappa shape index (κ3) is 3.60. The topological polar surface area (TPSA) is 80.0 Å². The molecule has 6 nitrogen and oxygen atoms in total. The van der Waals surface area contributed by atoms with Crippen LogP contribution in [0.2, 0.25) is 0 Å². The Morgan fingerprint density at radius 2 is 2.08 bits per heavy atom. The average molecular weight is 359 g/mol. The first kappa shape index (κ1) is 18.5. The maximum atomic E-state index is 12.5. The number of ether oxygens (including phenoxy) is 1. The molecule has 2 aromatic rings. The zero-order valence-electron chi connectivity index (χ0n) is 15.5. The largest absolute Gasteiger partial charge is 0.483 e. The van der Waals surface area contributed by atoms with Gasteiger partial charge >= 0.3 is 5.63 Å². The van der Waals surface area contributed by atoms with Crippen LogP contribution in [0.4, 0.5) is 0 Å². The molecule has 0 saturated carbocycles. The third-order valence-corrected chi connectivity index (χ3v) is 5.14. The summed E-state index contributed by atoms with van der Waals surface area (Å²) in [5, 5.41) is 10.1. The number of carbonyl (C=O) groups is 1. The van der Waals surface area contributed by atoms with Gasteiger partial charge in [-0.1, -0.05) is 0 Å². The molecule has 140 valence electrons. The monoisotopic (exact) mass is 359 g/mol. The van der Waals surface area contributed by atoms with Gasteiger partial charge in [-0.2, -0.15) is 0 Å². The lowest BCUT2D eigenvalue weighted by molar-refractivity contribution is -0.135. The fourth-order valence-corrected chi connectivity index (χ4v) is 3.47. The second-order valence-corrected chi connectivity index (χ2v) is 7.09. The summed E-state index contributed by atoms with van der Waals surface area (Å²) >= 11 is 0. The number of aliphatic hydroxyl groups excluding tert-OH is 1. The van der Waals surface area contributed by atoms with E-state index in [1.165, 1.54) is 0 Å². The van der Waals surface area contributed by atoms with Gasteiger partial charge in [-0.3, -0.25) is 4.79 Å². The summed E-state index contributed by atoms with van der Waals surface area (Å²) < 4.78 is 11.2. The lowest BCUT2D eigenvalue weighted by Crippen LogP contribution is -2.43. The van der Waals surface area contributed by atoms with Crippen LogP contribution in [0.3, 0.4) is 0 Å². The smallest absolute Gasteiger partial charge is 0.339 e. The Morgan fingerprint density at radius 1 is 1.31 bits per heavy atom. The van der Waals surface area contributed by atoms with Gasteiger partial charge in [0.05, 0.1) is 5.39 Å². The summed E-state index contributed by atoms with van der Waals surface area (Å²) in [5.74, 6) is 0.602. The van der Waals surface area contributed by atoms with Gasteiger partial charge in [0.2, 0.25) is 0 Å². The van der Waals surface area contributed by atoms with E-state index >= 15 is 0 Å². The van der Waals surface area contributed by atoms with E-state index in [4.69, 9.17) is 9.15 Å². The van der Waals surface area contributed by atoms with E-state index in [2.05, 4.69) is 0 Å². The van der Waals surface area contributed by atoms with Crippen molar-refractivity contribution in [2.75, 3.05) is 26.3 Å². The Bertz CT molecular complexity index is 886. The highest BCUT2D eigenvalue weighted by molar-refractivity contribution is 5.88. The normalized spacial score (nSPS) is 17.5. The minimum Gasteiger partial charge on any atom is -0.483 e. The van der Waals surface area contributed by atoms with E-state index in [1.807, 2.05) is 19.9 Å². The van der Waals surface area contributed by atoms with Crippen molar-refractivity contribution in [3.8, 4) is 5.75 Å². The second-order valence-electron chi connectivity index (χ2n) is 7.09. The van der Waals surface area contributed by atoms with Gasteiger partial charge in [0.25, 0.3) is 5.91 Å². The number of rotatable bonds is 4. The van der Waals surface area contributed by atoms with Crippen LogP contribution in [-0.2, 0) is 4.79 Å². The Balaban J connectivity index is 1.83. The zero-order valence-corrected chi connectivity index (χ0v) is 15.5. The van der Waals surface area contributed by atoms with Gasteiger partial charge in [0.1, 0.15) is 11.3 Å². The summed E-state index contributed by atoms with van der Waals surface area (Å²) in [6.45, 7) is 6.76. The van der Waals surface area contributed by atoms with Crippen LogP contribution in [0.15, 0.2) is 21.3 Å². The van der Waals surface area contributed by atoms with Crippen LogP contribution in [-0.4, -0.2) is 42.2 Å². The summed E-state index contributed by atoms with van der Waals surface area (Å²) in [7, 11) is 0. The number of hydrogen-bond donors (Lipinski definition) is 1. The molecule has 1 aromatic heterocycles. The first-order valence-electron chi connectivity index (χ1n) is 8.96. The highest BCUT2D eigenvalue weighted by atomic mass is 16.5. The molecule has 3 rings (SSSR count). The van der Waals surface area contributed by atoms with Crippen molar-refractivity contribution in [2.45, 2.75) is 33.6 Å². The summed E-state index contributed by atoms with van der Waals surface area (Å²) in [6.07, 6.45) is 1.84. The maximum absolute atomic E-state index is 12.5. The molecule has 0 bridgehead atoms. The van der Waals surface area contributed by atoms with E-state index in [-0.39, 0.29) is 30.7 Å². The van der Waals surface area contributed by atoms with E-state index in [1.54, 1.807) is 17.9 Å². The van der Waals surface area contributed by atoms with Gasteiger partial charge < -0.3 is 19.2 Å². The molecule has 6 heteroatoms. The Kier molecular flexibility index (Phi) is 5.32. The van der Waals surface area contributed by atoms with Crippen LogP contribution < -0.4 is 10.4 Å². The molecule has 1 N–H and O–H groups in total. The number of benzene rings is 1. The fraction of sp³-hybridized carbons (Fsp3) is 0.500. The van der Waals surface area contributed by atoms with Crippen LogP contribution >= 0.6 is 0 Å². The predicted octanol–water partition coefficient (Wildman–Crippen LogP) is 2.33. The van der Waals surface area contributed by atoms with Crippen molar-refractivity contribution in [1.82, 2.24) is 4.90 Å². The molecule has 1 fully saturated rings. The maximum Gasteiger partial charge on any atom is 0.339 e. The van der Waals surface area contributed by atoms with Crippen molar-refractivity contribution < 1.29 is 19.1 Å². The lowest BCUT2D eigenvalue weighted by Gasteiger charge is -2.31. The summed E-state index contributed by atoms with van der Waals surface area (Å²) in [4.78, 5) is 26.2. The number of nitrogens with zero attached hydrogens (tertiary/aromatic N) is 1. The Morgan fingerprint density at radius 3 is 2.81 bits per heavy atom. The number of likely N-dealkylation sites (tertiary alicyclic amines) is 1. The Labute approximate surface area is 152 Å². The molecule has 1 atom stereocenters. The van der Waals surface area contributed by atoms with Crippen molar-refractivity contribution in [3.05, 3.63) is 39.2 Å². The quantitative estimate of drug-likeness (QED) is 0.848. The van der Waals surface area contributed by atoms with E-state index < -0.39 is 0 Å². The molecule has 1 amide bonds. The molecule has 0 aliphatic carbocycles. The van der Waals surface area contributed by atoms with Crippen LogP contribution in [0.5, 0.6) is 5.75 Å². The molecule has 0 spiro atoms. The first-order valence-corrected chi connectivity index (χ1v) is 8.96. The summed E-state index contributed by atoms with van der Waals surface area (Å²) in [5.41, 5.74) is 2.35. The standard InChI is InChI=1S/C20H25NO5/c1-12-7-16(19-13(2)14(3)20(24)26-17(19)8-12)25-11-18(23)21-6-4-5-15(9-21)10-22/h7-8,15,22H,4-6,9-11H2,1-3H3.